The number of carbonyl (C=O) groups excluding carboxylic acids is 1. The first kappa shape index (κ1) is 21.6. The first-order valence-electron chi connectivity index (χ1n) is 7.73. The van der Waals surface area contributed by atoms with Crippen molar-refractivity contribution in [2.45, 2.75) is 12.7 Å². The average molecular weight is 422 g/mol. The summed E-state index contributed by atoms with van der Waals surface area (Å²) in [6.45, 7) is -1.04. The molecule has 11 heteroatoms. The van der Waals surface area contributed by atoms with Gasteiger partial charge >= 0.3 is 6.18 Å². The summed E-state index contributed by atoms with van der Waals surface area (Å²) < 4.78 is 88.9. The first-order chi connectivity index (χ1) is 12.9. The standard InChI is InChI=1S/C17H15F5N2O3S/c1-28(26,27)24(13-5-6-14(18)15(19)8-13)10-16(25)23-9-11-3-2-4-12(7-11)17(20,21)22/h2-8H,9-10H2,1H3,(H,23,25). The van der Waals surface area contributed by atoms with Crippen molar-refractivity contribution in [3.63, 3.8) is 0 Å². The molecule has 0 aromatic heterocycles. The largest absolute Gasteiger partial charge is 0.416 e. The average Bonchev–Trinajstić information content (AvgIpc) is 2.59. The monoisotopic (exact) mass is 422 g/mol. The molecule has 2 aromatic rings. The second-order valence-electron chi connectivity index (χ2n) is 5.84. The maximum absolute atomic E-state index is 13.4. The van der Waals surface area contributed by atoms with E-state index in [1.807, 2.05) is 0 Å². The fourth-order valence-electron chi connectivity index (χ4n) is 2.28. The molecule has 0 radical (unpaired) electrons. The van der Waals surface area contributed by atoms with Crippen LogP contribution in [0.2, 0.25) is 0 Å². The molecule has 0 fully saturated rings. The van der Waals surface area contributed by atoms with Crippen molar-refractivity contribution in [1.29, 1.82) is 0 Å². The van der Waals surface area contributed by atoms with E-state index in [4.69, 9.17) is 0 Å². The molecular weight excluding hydrogens is 407 g/mol. The van der Waals surface area contributed by atoms with Gasteiger partial charge < -0.3 is 5.32 Å². The summed E-state index contributed by atoms with van der Waals surface area (Å²) >= 11 is 0. The summed E-state index contributed by atoms with van der Waals surface area (Å²) in [5.74, 6) is -3.32. The van der Waals surface area contributed by atoms with Gasteiger partial charge in [-0.2, -0.15) is 13.2 Å². The molecule has 152 valence electrons. The van der Waals surface area contributed by atoms with Gasteiger partial charge in [0.05, 0.1) is 17.5 Å². The molecule has 1 amide bonds. The van der Waals surface area contributed by atoms with Crippen molar-refractivity contribution in [3.05, 3.63) is 65.2 Å². The lowest BCUT2D eigenvalue weighted by atomic mass is 10.1. The molecule has 0 bridgehead atoms. The van der Waals surface area contributed by atoms with E-state index in [9.17, 15) is 35.2 Å². The number of benzene rings is 2. The second kappa shape index (κ2) is 8.13. The molecule has 0 aliphatic carbocycles. The van der Waals surface area contributed by atoms with Crippen molar-refractivity contribution in [2.24, 2.45) is 0 Å². The molecule has 5 nitrogen and oxygen atoms in total. The molecular formula is C17H15F5N2O3S. The Hall–Kier alpha value is -2.69. The number of carbonyl (C=O) groups is 1. The number of rotatable bonds is 6. The third kappa shape index (κ3) is 5.65. The van der Waals surface area contributed by atoms with Crippen LogP contribution in [0.3, 0.4) is 0 Å². The number of nitrogens with one attached hydrogen (secondary N) is 1. The molecule has 2 aromatic carbocycles. The Morgan fingerprint density at radius 1 is 1.07 bits per heavy atom. The van der Waals surface area contributed by atoms with E-state index in [-0.39, 0.29) is 17.8 Å². The summed E-state index contributed by atoms with van der Waals surface area (Å²) in [6.07, 6.45) is -3.77. The predicted octanol–water partition coefficient (Wildman–Crippen LogP) is 3.07. The van der Waals surface area contributed by atoms with E-state index >= 15 is 0 Å². The molecule has 1 N–H and O–H groups in total. The molecule has 28 heavy (non-hydrogen) atoms. The van der Waals surface area contributed by atoms with Crippen molar-refractivity contribution in [1.82, 2.24) is 5.32 Å². The summed E-state index contributed by atoms with van der Waals surface area (Å²) in [5.41, 5.74) is -1.00. The molecule has 0 spiro atoms. The molecule has 0 aliphatic heterocycles. The summed E-state index contributed by atoms with van der Waals surface area (Å²) in [7, 11) is -4.02. The van der Waals surface area contributed by atoms with Gasteiger partial charge in [-0.25, -0.2) is 17.2 Å². The van der Waals surface area contributed by atoms with Gasteiger partial charge in [0.25, 0.3) is 0 Å². The van der Waals surface area contributed by atoms with Gasteiger partial charge in [-0.15, -0.1) is 0 Å². The number of hydrogen-bond donors (Lipinski definition) is 1. The summed E-state index contributed by atoms with van der Waals surface area (Å²) in [4.78, 5) is 12.1. The highest BCUT2D eigenvalue weighted by molar-refractivity contribution is 7.92. The Morgan fingerprint density at radius 2 is 1.75 bits per heavy atom. The van der Waals surface area contributed by atoms with Crippen LogP contribution in [-0.2, 0) is 27.5 Å². The van der Waals surface area contributed by atoms with E-state index in [0.717, 1.165) is 24.5 Å². The molecule has 0 heterocycles. The highest BCUT2D eigenvalue weighted by Gasteiger charge is 2.30. The van der Waals surface area contributed by atoms with Crippen molar-refractivity contribution in [3.8, 4) is 0 Å². The molecule has 2 rings (SSSR count). The second-order valence-corrected chi connectivity index (χ2v) is 7.75. The smallest absolute Gasteiger partial charge is 0.350 e. The third-order valence-electron chi connectivity index (χ3n) is 3.62. The van der Waals surface area contributed by atoms with Crippen LogP contribution in [0.4, 0.5) is 27.6 Å². The molecule has 0 unspecified atom stereocenters. The normalized spacial score (nSPS) is 11.9. The lowest BCUT2D eigenvalue weighted by Gasteiger charge is -2.22. The van der Waals surface area contributed by atoms with Gasteiger partial charge in [-0.05, 0) is 29.8 Å². The van der Waals surface area contributed by atoms with Gasteiger partial charge in [-0.1, -0.05) is 12.1 Å². The Bertz CT molecular complexity index is 977. The topological polar surface area (TPSA) is 66.5 Å². The van der Waals surface area contributed by atoms with E-state index in [1.165, 1.54) is 12.1 Å². The number of hydrogen-bond acceptors (Lipinski definition) is 3. The lowest BCUT2D eigenvalue weighted by Crippen LogP contribution is -2.40. The minimum Gasteiger partial charge on any atom is -0.350 e. The van der Waals surface area contributed by atoms with Crippen LogP contribution in [0.1, 0.15) is 11.1 Å². The maximum Gasteiger partial charge on any atom is 0.416 e. The minimum absolute atomic E-state index is 0.155. The highest BCUT2D eigenvalue weighted by Crippen LogP contribution is 2.29. The van der Waals surface area contributed by atoms with Crippen molar-refractivity contribution < 1.29 is 35.2 Å². The third-order valence-corrected chi connectivity index (χ3v) is 4.76. The highest BCUT2D eigenvalue weighted by atomic mass is 32.2. The fourth-order valence-corrected chi connectivity index (χ4v) is 3.13. The zero-order valence-corrected chi connectivity index (χ0v) is 15.2. The number of alkyl halides is 3. The number of amides is 1. The summed E-state index contributed by atoms with van der Waals surface area (Å²) in [6, 6.07) is 6.58. The zero-order chi connectivity index (χ0) is 21.1. The van der Waals surface area contributed by atoms with Crippen LogP contribution in [-0.4, -0.2) is 27.1 Å². The fraction of sp³-hybridized carbons (Fsp3) is 0.235. The Kier molecular flexibility index (Phi) is 6.27. The van der Waals surface area contributed by atoms with Crippen LogP contribution >= 0.6 is 0 Å². The Balaban J connectivity index is 2.12. The SMILES string of the molecule is CS(=O)(=O)N(CC(=O)NCc1cccc(C(F)(F)F)c1)c1ccc(F)c(F)c1. The molecule has 0 atom stereocenters. The minimum atomic E-state index is -4.54. The van der Waals surface area contributed by atoms with Crippen molar-refractivity contribution >= 4 is 21.6 Å². The van der Waals surface area contributed by atoms with Gasteiger partial charge in [0, 0.05) is 12.6 Å². The van der Waals surface area contributed by atoms with E-state index in [1.54, 1.807) is 0 Å². The summed E-state index contributed by atoms with van der Waals surface area (Å²) in [5, 5.41) is 2.30. The van der Waals surface area contributed by atoms with Crippen LogP contribution in [0.15, 0.2) is 42.5 Å². The molecule has 0 aliphatic rings. The first-order valence-corrected chi connectivity index (χ1v) is 9.58. The lowest BCUT2D eigenvalue weighted by molar-refractivity contribution is -0.137. The van der Waals surface area contributed by atoms with Gasteiger partial charge in [0.2, 0.25) is 15.9 Å². The van der Waals surface area contributed by atoms with Crippen LogP contribution in [0.5, 0.6) is 0 Å². The number of nitrogens with zero attached hydrogens (tertiary/aromatic N) is 1. The Labute approximate surface area is 157 Å². The number of anilines is 1. The van der Waals surface area contributed by atoms with E-state index in [2.05, 4.69) is 5.32 Å². The zero-order valence-electron chi connectivity index (χ0n) is 14.4. The Morgan fingerprint density at radius 3 is 2.32 bits per heavy atom. The van der Waals surface area contributed by atoms with E-state index in [0.29, 0.717) is 16.4 Å². The van der Waals surface area contributed by atoms with E-state index < -0.39 is 45.8 Å². The van der Waals surface area contributed by atoms with Crippen molar-refractivity contribution in [2.75, 3.05) is 17.1 Å². The predicted molar refractivity (Wildman–Crippen MR) is 91.8 cm³/mol. The molecule has 0 saturated carbocycles. The molecule has 0 saturated heterocycles. The van der Waals surface area contributed by atoms with Gasteiger partial charge in [-0.3, -0.25) is 9.10 Å². The van der Waals surface area contributed by atoms with Gasteiger partial charge in [0.1, 0.15) is 6.54 Å². The number of sulfonamides is 1. The quantitative estimate of drug-likeness (QED) is 0.728. The number of halogens is 5. The van der Waals surface area contributed by atoms with Crippen LogP contribution in [0, 0.1) is 11.6 Å². The van der Waals surface area contributed by atoms with Crippen LogP contribution in [0.25, 0.3) is 0 Å². The van der Waals surface area contributed by atoms with Crippen LogP contribution < -0.4 is 9.62 Å². The van der Waals surface area contributed by atoms with Gasteiger partial charge in [0.15, 0.2) is 11.6 Å². The maximum atomic E-state index is 13.4.